The average molecular weight is 447 g/mol. The van der Waals surface area contributed by atoms with Crippen LogP contribution in [-0.4, -0.2) is 19.8 Å². The molecule has 9 heteroatoms. The summed E-state index contributed by atoms with van der Waals surface area (Å²) < 4.78 is 46.7. The molecule has 0 atom stereocenters. The molecule has 0 amide bonds. The predicted molar refractivity (Wildman–Crippen MR) is 117 cm³/mol. The second kappa shape index (κ2) is 7.67. The molecule has 3 heterocycles. The first kappa shape index (κ1) is 20.6. The Morgan fingerprint density at radius 2 is 1.91 bits per heavy atom. The van der Waals surface area contributed by atoms with E-state index in [-0.39, 0.29) is 5.69 Å². The van der Waals surface area contributed by atoms with Gasteiger partial charge in [0.2, 0.25) is 0 Å². The lowest BCUT2D eigenvalue weighted by Gasteiger charge is -2.11. The molecule has 0 saturated carbocycles. The van der Waals surface area contributed by atoms with Crippen LogP contribution in [0, 0.1) is 25.7 Å². The van der Waals surface area contributed by atoms with E-state index in [1.54, 1.807) is 42.0 Å². The molecular formula is C24H16F3N5O. The number of nitrogens with zero attached hydrogens (tertiary/aromatic N) is 4. The fourth-order valence-corrected chi connectivity index (χ4v) is 3.55. The van der Waals surface area contributed by atoms with Crippen LogP contribution in [0.2, 0.25) is 0 Å². The van der Waals surface area contributed by atoms with Gasteiger partial charge in [-0.2, -0.15) is 18.3 Å². The number of anilines is 2. The number of halogens is 3. The lowest BCUT2D eigenvalue weighted by Crippen LogP contribution is -2.06. The Morgan fingerprint density at radius 3 is 2.73 bits per heavy atom. The van der Waals surface area contributed by atoms with Gasteiger partial charge in [0.25, 0.3) is 0 Å². The van der Waals surface area contributed by atoms with E-state index in [1.165, 1.54) is 0 Å². The topological polar surface area (TPSA) is 68.2 Å². The number of aryl methyl sites for hydroxylation is 2. The number of hydrogen-bond donors (Lipinski definition) is 1. The molecule has 5 rings (SSSR count). The first-order chi connectivity index (χ1) is 15.8. The number of benzene rings is 2. The molecule has 0 unspecified atom stereocenters. The number of nitrogens with one attached hydrogen (secondary N) is 1. The van der Waals surface area contributed by atoms with Crippen LogP contribution in [0.4, 0.5) is 24.7 Å². The largest absolute Gasteiger partial charge is 0.416 e. The van der Waals surface area contributed by atoms with Crippen molar-refractivity contribution in [3.8, 4) is 11.8 Å². The van der Waals surface area contributed by atoms with Crippen LogP contribution in [0.15, 0.2) is 59.4 Å². The van der Waals surface area contributed by atoms with Gasteiger partial charge in [-0.05, 0) is 67.3 Å². The standard InChI is InChI=1S/C24H16F3N5O/c1-14-10-16(24(25,26)27)12-17(11-14)30-23-20-7-5-15(2)19(22(20)33-31-23)8-6-18-13-28-21-4-3-9-29-32(18)21/h3-5,7,9-13H,1-2H3,(H,30,31). The summed E-state index contributed by atoms with van der Waals surface area (Å²) in [5.41, 5.74) is 3.23. The van der Waals surface area contributed by atoms with Gasteiger partial charge in [0.1, 0.15) is 5.69 Å². The molecule has 2 aromatic carbocycles. The Labute approximate surface area is 186 Å². The van der Waals surface area contributed by atoms with Crippen LogP contribution >= 0.6 is 0 Å². The third-order valence-corrected chi connectivity index (χ3v) is 5.11. The number of alkyl halides is 3. The second-order valence-electron chi connectivity index (χ2n) is 7.56. The zero-order chi connectivity index (χ0) is 23.2. The molecule has 6 nitrogen and oxygen atoms in total. The molecule has 5 aromatic rings. The minimum atomic E-state index is -4.44. The van der Waals surface area contributed by atoms with Crippen molar-refractivity contribution >= 4 is 28.1 Å². The van der Waals surface area contributed by atoms with Gasteiger partial charge in [0.05, 0.1) is 22.7 Å². The van der Waals surface area contributed by atoms with Crippen LogP contribution in [-0.2, 0) is 6.18 Å². The van der Waals surface area contributed by atoms with Gasteiger partial charge in [0.15, 0.2) is 17.0 Å². The van der Waals surface area contributed by atoms with Gasteiger partial charge < -0.3 is 9.84 Å². The summed E-state index contributed by atoms with van der Waals surface area (Å²) in [6.07, 6.45) is -1.16. The minimum absolute atomic E-state index is 0.266. The van der Waals surface area contributed by atoms with Crippen LogP contribution in [0.1, 0.15) is 27.9 Å². The first-order valence-corrected chi connectivity index (χ1v) is 9.95. The quantitative estimate of drug-likeness (QED) is 0.354. The number of hydrogen-bond acceptors (Lipinski definition) is 5. The van der Waals surface area contributed by atoms with E-state index in [1.807, 2.05) is 19.1 Å². The van der Waals surface area contributed by atoms with E-state index in [9.17, 15) is 13.2 Å². The van der Waals surface area contributed by atoms with Crippen molar-refractivity contribution in [2.45, 2.75) is 20.0 Å². The molecule has 0 aliphatic rings. The smallest absolute Gasteiger partial charge is 0.353 e. The van der Waals surface area contributed by atoms with Crippen LogP contribution in [0.3, 0.4) is 0 Å². The summed E-state index contributed by atoms with van der Waals surface area (Å²) in [6, 6.07) is 11.0. The fourth-order valence-electron chi connectivity index (χ4n) is 3.55. The Balaban J connectivity index is 1.54. The predicted octanol–water partition coefficient (Wildman–Crippen LogP) is 5.65. The number of fused-ring (bicyclic) bond motifs is 2. The van der Waals surface area contributed by atoms with E-state index in [2.05, 4.69) is 32.4 Å². The van der Waals surface area contributed by atoms with Gasteiger partial charge in [-0.15, -0.1) is 0 Å². The van der Waals surface area contributed by atoms with Crippen molar-refractivity contribution in [1.82, 2.24) is 19.8 Å². The molecule has 1 N–H and O–H groups in total. The van der Waals surface area contributed by atoms with E-state index in [0.717, 1.165) is 17.7 Å². The Bertz CT molecular complexity index is 1570. The van der Waals surface area contributed by atoms with Crippen LogP contribution < -0.4 is 5.32 Å². The normalized spacial score (nSPS) is 11.5. The van der Waals surface area contributed by atoms with E-state index in [4.69, 9.17) is 4.52 Å². The lowest BCUT2D eigenvalue weighted by atomic mass is 10.1. The number of rotatable bonds is 2. The van der Waals surface area contributed by atoms with E-state index in [0.29, 0.717) is 39.3 Å². The average Bonchev–Trinajstić information content (AvgIpc) is 3.36. The Morgan fingerprint density at radius 1 is 1.06 bits per heavy atom. The zero-order valence-electron chi connectivity index (χ0n) is 17.5. The fraction of sp³-hybridized carbons (Fsp3) is 0.125. The SMILES string of the molecule is Cc1cc(Nc2noc3c(C#Cc4cnc5cccnn45)c(C)ccc23)cc(C(F)(F)F)c1. The highest BCUT2D eigenvalue weighted by Gasteiger charge is 2.31. The lowest BCUT2D eigenvalue weighted by molar-refractivity contribution is -0.137. The molecule has 0 bridgehead atoms. The molecule has 0 spiro atoms. The maximum Gasteiger partial charge on any atom is 0.416 e. The highest BCUT2D eigenvalue weighted by atomic mass is 19.4. The zero-order valence-corrected chi connectivity index (χ0v) is 17.5. The summed E-state index contributed by atoms with van der Waals surface area (Å²) in [7, 11) is 0. The van der Waals surface area contributed by atoms with Gasteiger partial charge >= 0.3 is 6.18 Å². The van der Waals surface area contributed by atoms with Gasteiger partial charge in [-0.25, -0.2) is 9.50 Å². The molecule has 0 aliphatic heterocycles. The molecule has 3 aromatic heterocycles. The molecule has 0 fully saturated rings. The third-order valence-electron chi connectivity index (χ3n) is 5.11. The summed E-state index contributed by atoms with van der Waals surface area (Å²) in [4.78, 5) is 4.27. The minimum Gasteiger partial charge on any atom is -0.353 e. The highest BCUT2D eigenvalue weighted by Crippen LogP contribution is 2.34. The van der Waals surface area contributed by atoms with Crippen LogP contribution in [0.25, 0.3) is 16.6 Å². The van der Waals surface area contributed by atoms with Gasteiger partial charge in [-0.3, -0.25) is 0 Å². The summed E-state index contributed by atoms with van der Waals surface area (Å²) in [5.74, 6) is 6.48. The molecule has 0 aliphatic carbocycles. The molecule has 0 saturated heterocycles. The summed E-state index contributed by atoms with van der Waals surface area (Å²) in [6.45, 7) is 3.50. The van der Waals surface area contributed by atoms with E-state index < -0.39 is 11.7 Å². The highest BCUT2D eigenvalue weighted by molar-refractivity contribution is 5.94. The van der Waals surface area contributed by atoms with Crippen molar-refractivity contribution in [2.75, 3.05) is 5.32 Å². The maximum absolute atomic E-state index is 13.2. The molecular weight excluding hydrogens is 431 g/mol. The van der Waals surface area contributed by atoms with Gasteiger partial charge in [0, 0.05) is 11.9 Å². The van der Waals surface area contributed by atoms with Crippen molar-refractivity contribution in [2.24, 2.45) is 0 Å². The van der Waals surface area contributed by atoms with Crippen LogP contribution in [0.5, 0.6) is 0 Å². The summed E-state index contributed by atoms with van der Waals surface area (Å²) >= 11 is 0. The van der Waals surface area contributed by atoms with Crippen molar-refractivity contribution in [3.63, 3.8) is 0 Å². The Kier molecular flexibility index (Phi) is 4.78. The maximum atomic E-state index is 13.2. The van der Waals surface area contributed by atoms with Crippen molar-refractivity contribution < 1.29 is 17.7 Å². The molecule has 33 heavy (non-hydrogen) atoms. The summed E-state index contributed by atoms with van der Waals surface area (Å²) in [5, 5.41) is 11.8. The first-order valence-electron chi connectivity index (χ1n) is 9.95. The molecule has 164 valence electrons. The Hall–Kier alpha value is -4.32. The molecule has 0 radical (unpaired) electrons. The van der Waals surface area contributed by atoms with Crippen molar-refractivity contribution in [1.29, 1.82) is 0 Å². The number of aromatic nitrogens is 4. The second-order valence-corrected chi connectivity index (χ2v) is 7.56. The van der Waals surface area contributed by atoms with Crippen molar-refractivity contribution in [3.05, 3.63) is 82.8 Å². The number of imidazole rings is 1. The third kappa shape index (κ3) is 3.87. The van der Waals surface area contributed by atoms with E-state index >= 15 is 0 Å². The monoisotopic (exact) mass is 447 g/mol. The van der Waals surface area contributed by atoms with Gasteiger partial charge in [-0.1, -0.05) is 17.1 Å².